The van der Waals surface area contributed by atoms with E-state index in [4.69, 9.17) is 16.4 Å². The van der Waals surface area contributed by atoms with Crippen LogP contribution in [0.25, 0.3) is 4.85 Å². The third kappa shape index (κ3) is 4.14. The van der Waals surface area contributed by atoms with Crippen LogP contribution in [0.15, 0.2) is 24.3 Å². The van der Waals surface area contributed by atoms with Crippen molar-refractivity contribution in [3.8, 4) is 5.75 Å². The minimum atomic E-state index is -0.376. The lowest BCUT2D eigenvalue weighted by Gasteiger charge is -2.02. The number of ether oxygens (including phenoxy) is 1. The SMILES string of the molecule is [C-]#[N+]CCC(=O)OCc1ccc(O)cc1. The van der Waals surface area contributed by atoms with Crippen molar-refractivity contribution in [2.45, 2.75) is 13.0 Å². The molecule has 0 fully saturated rings. The van der Waals surface area contributed by atoms with Gasteiger partial charge in [-0.25, -0.2) is 6.57 Å². The molecule has 0 radical (unpaired) electrons. The first kappa shape index (κ1) is 11.1. The summed E-state index contributed by atoms with van der Waals surface area (Å²) in [5, 5.41) is 9.01. The van der Waals surface area contributed by atoms with E-state index in [0.29, 0.717) is 0 Å². The Bertz CT molecular complexity index is 364. The predicted molar refractivity (Wildman–Crippen MR) is 54.0 cm³/mol. The van der Waals surface area contributed by atoms with E-state index in [0.717, 1.165) is 5.56 Å². The molecule has 0 saturated carbocycles. The second-order valence-corrected chi connectivity index (χ2v) is 2.96. The number of hydrogen-bond acceptors (Lipinski definition) is 3. The lowest BCUT2D eigenvalue weighted by atomic mass is 10.2. The number of phenolic OH excluding ortho intramolecular Hbond substituents is 1. The second kappa shape index (κ2) is 5.66. The first-order valence-corrected chi connectivity index (χ1v) is 4.49. The Hall–Kier alpha value is -2.02. The van der Waals surface area contributed by atoms with E-state index in [1.807, 2.05) is 0 Å². The van der Waals surface area contributed by atoms with Gasteiger partial charge in [-0.3, -0.25) is 4.79 Å². The number of rotatable bonds is 4. The van der Waals surface area contributed by atoms with E-state index in [2.05, 4.69) is 4.85 Å². The summed E-state index contributed by atoms with van der Waals surface area (Å²) in [6, 6.07) is 6.42. The number of esters is 1. The molecule has 1 aromatic carbocycles. The van der Waals surface area contributed by atoms with Crippen LogP contribution in [0.5, 0.6) is 5.75 Å². The molecule has 15 heavy (non-hydrogen) atoms. The number of hydrogen-bond donors (Lipinski definition) is 1. The fourth-order valence-corrected chi connectivity index (χ4v) is 0.975. The van der Waals surface area contributed by atoms with Crippen molar-refractivity contribution >= 4 is 5.97 Å². The predicted octanol–water partition coefficient (Wildman–Crippen LogP) is 1.74. The van der Waals surface area contributed by atoms with Crippen molar-refractivity contribution in [2.75, 3.05) is 6.54 Å². The molecule has 1 N–H and O–H groups in total. The maximum Gasteiger partial charge on any atom is 0.313 e. The molecular weight excluding hydrogens is 194 g/mol. The molecule has 0 amide bonds. The monoisotopic (exact) mass is 205 g/mol. The van der Waals surface area contributed by atoms with E-state index in [-0.39, 0.29) is 31.3 Å². The molecule has 4 heteroatoms. The van der Waals surface area contributed by atoms with E-state index >= 15 is 0 Å². The summed E-state index contributed by atoms with van der Waals surface area (Å²) in [5.41, 5.74) is 0.809. The number of carbonyl (C=O) groups is 1. The van der Waals surface area contributed by atoms with E-state index < -0.39 is 0 Å². The van der Waals surface area contributed by atoms with Crippen LogP contribution in [-0.2, 0) is 16.1 Å². The van der Waals surface area contributed by atoms with Gasteiger partial charge in [-0.15, -0.1) is 0 Å². The van der Waals surface area contributed by atoms with Crippen LogP contribution in [0.4, 0.5) is 0 Å². The first-order valence-electron chi connectivity index (χ1n) is 4.49. The van der Waals surface area contributed by atoms with Gasteiger partial charge in [-0.1, -0.05) is 12.1 Å². The quantitative estimate of drug-likeness (QED) is 0.601. The lowest BCUT2D eigenvalue weighted by molar-refractivity contribution is -0.144. The smallest absolute Gasteiger partial charge is 0.313 e. The fourth-order valence-electron chi connectivity index (χ4n) is 0.975. The Morgan fingerprint density at radius 3 is 2.67 bits per heavy atom. The van der Waals surface area contributed by atoms with E-state index in [9.17, 15) is 4.79 Å². The van der Waals surface area contributed by atoms with Gasteiger partial charge in [-0.2, -0.15) is 0 Å². The highest BCUT2D eigenvalue weighted by Crippen LogP contribution is 2.10. The number of aromatic hydroxyl groups is 1. The largest absolute Gasteiger partial charge is 0.508 e. The average Bonchev–Trinajstić information content (AvgIpc) is 2.25. The summed E-state index contributed by atoms with van der Waals surface area (Å²) >= 11 is 0. The van der Waals surface area contributed by atoms with Gasteiger partial charge >= 0.3 is 5.97 Å². The fraction of sp³-hybridized carbons (Fsp3) is 0.273. The third-order valence-corrected chi connectivity index (χ3v) is 1.76. The Morgan fingerprint density at radius 1 is 1.40 bits per heavy atom. The lowest BCUT2D eigenvalue weighted by Crippen LogP contribution is -2.05. The Morgan fingerprint density at radius 2 is 2.07 bits per heavy atom. The van der Waals surface area contributed by atoms with E-state index in [1.165, 1.54) is 12.1 Å². The highest BCUT2D eigenvalue weighted by molar-refractivity contribution is 5.69. The molecule has 1 aromatic rings. The molecule has 0 unspecified atom stereocenters. The zero-order chi connectivity index (χ0) is 11.1. The van der Waals surface area contributed by atoms with Crippen molar-refractivity contribution < 1.29 is 14.6 Å². The molecule has 0 aliphatic heterocycles. The van der Waals surface area contributed by atoms with Gasteiger partial charge in [-0.05, 0) is 17.7 Å². The Labute approximate surface area is 87.9 Å². The van der Waals surface area contributed by atoms with Gasteiger partial charge in [0.05, 0.1) is 0 Å². The first-order chi connectivity index (χ1) is 7.22. The normalized spacial score (nSPS) is 9.27. The van der Waals surface area contributed by atoms with Crippen molar-refractivity contribution in [1.29, 1.82) is 0 Å². The van der Waals surface area contributed by atoms with Crippen LogP contribution >= 0.6 is 0 Å². The van der Waals surface area contributed by atoms with Crippen LogP contribution in [0, 0.1) is 6.57 Å². The van der Waals surface area contributed by atoms with Crippen LogP contribution < -0.4 is 0 Å². The molecule has 0 aliphatic rings. The molecule has 1 rings (SSSR count). The third-order valence-electron chi connectivity index (χ3n) is 1.76. The minimum absolute atomic E-state index is 0.127. The summed E-state index contributed by atoms with van der Waals surface area (Å²) in [4.78, 5) is 14.1. The van der Waals surface area contributed by atoms with Gasteiger partial charge < -0.3 is 14.7 Å². The van der Waals surface area contributed by atoms with Gasteiger partial charge in [0, 0.05) is 0 Å². The number of carbonyl (C=O) groups excluding carboxylic acids is 1. The summed E-state index contributed by atoms with van der Waals surface area (Å²) in [6.07, 6.45) is 0.127. The number of nitrogens with zero attached hydrogens (tertiary/aromatic N) is 1. The molecule has 0 atom stereocenters. The van der Waals surface area contributed by atoms with Crippen LogP contribution in [0.2, 0.25) is 0 Å². The van der Waals surface area contributed by atoms with Gasteiger partial charge in [0.25, 0.3) is 0 Å². The van der Waals surface area contributed by atoms with E-state index in [1.54, 1.807) is 12.1 Å². The molecule has 0 saturated heterocycles. The summed E-state index contributed by atoms with van der Waals surface area (Å²) in [7, 11) is 0. The van der Waals surface area contributed by atoms with Crippen LogP contribution in [0.1, 0.15) is 12.0 Å². The molecule has 4 nitrogen and oxygen atoms in total. The van der Waals surface area contributed by atoms with Crippen molar-refractivity contribution in [2.24, 2.45) is 0 Å². The summed E-state index contributed by atoms with van der Waals surface area (Å²) in [6.45, 7) is 6.84. The molecule has 0 aliphatic carbocycles. The van der Waals surface area contributed by atoms with Crippen molar-refractivity contribution in [3.05, 3.63) is 41.2 Å². The zero-order valence-corrected chi connectivity index (χ0v) is 8.14. The van der Waals surface area contributed by atoms with Gasteiger partial charge in [0.1, 0.15) is 18.8 Å². The number of benzene rings is 1. The maximum absolute atomic E-state index is 11.0. The Kier molecular flexibility index (Phi) is 4.17. The molecule has 0 bridgehead atoms. The zero-order valence-electron chi connectivity index (χ0n) is 8.14. The minimum Gasteiger partial charge on any atom is -0.508 e. The summed E-state index contributed by atoms with van der Waals surface area (Å²) < 4.78 is 4.91. The van der Waals surface area contributed by atoms with Gasteiger partial charge in [0.15, 0.2) is 0 Å². The molecule has 0 heterocycles. The Balaban J connectivity index is 2.34. The van der Waals surface area contributed by atoms with Crippen molar-refractivity contribution in [3.63, 3.8) is 0 Å². The standard InChI is InChI=1S/C11H11NO3/c1-12-7-6-11(14)15-8-9-2-4-10(13)5-3-9/h2-5,13H,6-8H2. The molecule has 0 aromatic heterocycles. The van der Waals surface area contributed by atoms with Gasteiger partial charge in [0.2, 0.25) is 6.54 Å². The average molecular weight is 205 g/mol. The van der Waals surface area contributed by atoms with Crippen molar-refractivity contribution in [1.82, 2.24) is 0 Å². The topological polar surface area (TPSA) is 50.9 Å². The highest BCUT2D eigenvalue weighted by Gasteiger charge is 2.04. The second-order valence-electron chi connectivity index (χ2n) is 2.96. The summed E-state index contributed by atoms with van der Waals surface area (Å²) in [5.74, 6) is -0.197. The van der Waals surface area contributed by atoms with Crippen LogP contribution in [-0.4, -0.2) is 17.6 Å². The number of phenols is 1. The van der Waals surface area contributed by atoms with Crippen LogP contribution in [0.3, 0.4) is 0 Å². The highest BCUT2D eigenvalue weighted by atomic mass is 16.5. The molecule has 0 spiro atoms. The molecular formula is C11H11NO3. The maximum atomic E-state index is 11.0. The molecule has 78 valence electrons.